The van der Waals surface area contributed by atoms with Gasteiger partial charge in [-0.2, -0.15) is 0 Å². The van der Waals surface area contributed by atoms with Gasteiger partial charge in [-0.1, -0.05) is 12.1 Å². The number of aromatic nitrogens is 1. The number of esters is 1. The van der Waals surface area contributed by atoms with Crippen molar-refractivity contribution >= 4 is 22.6 Å². The molecule has 5 heteroatoms. The molecule has 0 saturated heterocycles. The normalized spacial score (nSPS) is 10.4. The van der Waals surface area contributed by atoms with E-state index in [1.807, 2.05) is 36.1 Å². The van der Waals surface area contributed by atoms with Crippen molar-refractivity contribution in [3.63, 3.8) is 0 Å². The molecule has 5 nitrogen and oxygen atoms in total. The number of methoxy groups -OCH3 is 1. The van der Waals surface area contributed by atoms with Gasteiger partial charge in [0.2, 0.25) is 0 Å². The van der Waals surface area contributed by atoms with Crippen molar-refractivity contribution in [2.45, 2.75) is 13.8 Å². The summed E-state index contributed by atoms with van der Waals surface area (Å²) in [6, 6.07) is 7.72. The highest BCUT2D eigenvalue weighted by molar-refractivity contribution is 5.97. The Morgan fingerprint density at radius 1 is 1.24 bits per heavy atom. The van der Waals surface area contributed by atoms with Crippen molar-refractivity contribution in [2.24, 2.45) is 0 Å². The number of hydrogen-bond acceptors (Lipinski definition) is 5. The van der Waals surface area contributed by atoms with Crippen LogP contribution >= 0.6 is 0 Å². The molecule has 0 saturated carbocycles. The molecule has 0 aliphatic rings. The van der Waals surface area contributed by atoms with E-state index in [-0.39, 0.29) is 12.5 Å². The molecule has 2 aromatic rings. The lowest BCUT2D eigenvalue weighted by atomic mass is 10.1. The summed E-state index contributed by atoms with van der Waals surface area (Å²) >= 11 is 0. The van der Waals surface area contributed by atoms with Crippen LogP contribution in [0.1, 0.15) is 13.8 Å². The number of rotatable bonds is 6. The van der Waals surface area contributed by atoms with Crippen molar-refractivity contribution in [1.82, 2.24) is 4.98 Å². The van der Waals surface area contributed by atoms with E-state index in [2.05, 4.69) is 4.98 Å². The number of ether oxygens (including phenoxy) is 2. The molecule has 0 N–H and O–H groups in total. The van der Waals surface area contributed by atoms with Crippen molar-refractivity contribution in [1.29, 1.82) is 0 Å². The largest absolute Gasteiger partial charge is 0.496 e. The van der Waals surface area contributed by atoms with Crippen LogP contribution in [0.3, 0.4) is 0 Å². The second-order valence-corrected chi connectivity index (χ2v) is 4.51. The van der Waals surface area contributed by atoms with Crippen LogP contribution in [0.25, 0.3) is 10.8 Å². The number of pyridine rings is 1. The topological polar surface area (TPSA) is 51.7 Å². The molecule has 1 aromatic carbocycles. The molecular formula is C16H20N2O3. The number of benzene rings is 1. The molecule has 0 spiro atoms. The van der Waals surface area contributed by atoms with Gasteiger partial charge in [0.15, 0.2) is 0 Å². The van der Waals surface area contributed by atoms with Gasteiger partial charge in [-0.3, -0.25) is 4.79 Å². The summed E-state index contributed by atoms with van der Waals surface area (Å²) in [5.74, 6) is 1.31. The van der Waals surface area contributed by atoms with Crippen LogP contribution < -0.4 is 9.64 Å². The third-order valence-electron chi connectivity index (χ3n) is 3.27. The highest BCUT2D eigenvalue weighted by Crippen LogP contribution is 2.30. The Morgan fingerprint density at radius 2 is 2.05 bits per heavy atom. The quantitative estimate of drug-likeness (QED) is 0.765. The molecule has 0 radical (unpaired) electrons. The summed E-state index contributed by atoms with van der Waals surface area (Å²) in [4.78, 5) is 18.1. The Labute approximate surface area is 124 Å². The van der Waals surface area contributed by atoms with Crippen molar-refractivity contribution in [3.8, 4) is 5.75 Å². The zero-order valence-electron chi connectivity index (χ0n) is 12.6. The molecule has 1 aromatic heterocycles. The van der Waals surface area contributed by atoms with Gasteiger partial charge in [0.1, 0.15) is 18.1 Å². The number of likely N-dealkylation sites (N-methyl/N-ethyl adjacent to an activating group) is 1. The van der Waals surface area contributed by atoms with Gasteiger partial charge in [-0.05, 0) is 26.0 Å². The average Bonchev–Trinajstić information content (AvgIpc) is 2.51. The number of hydrogen-bond donors (Lipinski definition) is 0. The van der Waals surface area contributed by atoms with Gasteiger partial charge in [-0.15, -0.1) is 0 Å². The fourth-order valence-electron chi connectivity index (χ4n) is 2.29. The van der Waals surface area contributed by atoms with Crippen LogP contribution in [-0.4, -0.2) is 37.8 Å². The van der Waals surface area contributed by atoms with E-state index in [1.54, 1.807) is 20.2 Å². The van der Waals surface area contributed by atoms with E-state index in [9.17, 15) is 4.79 Å². The maximum absolute atomic E-state index is 11.7. The fourth-order valence-corrected chi connectivity index (χ4v) is 2.29. The molecule has 0 aliphatic heterocycles. The fraction of sp³-hybridized carbons (Fsp3) is 0.375. The average molecular weight is 288 g/mol. The number of carbonyl (C=O) groups is 1. The third-order valence-corrected chi connectivity index (χ3v) is 3.27. The predicted molar refractivity (Wildman–Crippen MR) is 82.8 cm³/mol. The summed E-state index contributed by atoms with van der Waals surface area (Å²) in [6.45, 7) is 5.03. The Balaban J connectivity index is 2.42. The summed E-state index contributed by atoms with van der Waals surface area (Å²) in [6.07, 6.45) is 1.73. The van der Waals surface area contributed by atoms with Gasteiger partial charge >= 0.3 is 5.97 Å². The third kappa shape index (κ3) is 3.24. The van der Waals surface area contributed by atoms with Crippen LogP contribution in [0, 0.1) is 0 Å². The zero-order valence-corrected chi connectivity index (χ0v) is 12.6. The Kier molecular flexibility index (Phi) is 4.98. The van der Waals surface area contributed by atoms with E-state index >= 15 is 0 Å². The van der Waals surface area contributed by atoms with Crippen molar-refractivity contribution in [2.75, 3.05) is 31.7 Å². The predicted octanol–water partition coefficient (Wildman–Crippen LogP) is 2.63. The second kappa shape index (κ2) is 6.92. The van der Waals surface area contributed by atoms with Crippen LogP contribution in [0.15, 0.2) is 30.5 Å². The van der Waals surface area contributed by atoms with E-state index < -0.39 is 0 Å². The monoisotopic (exact) mass is 288 g/mol. The number of carbonyl (C=O) groups excluding carboxylic acids is 1. The molecular weight excluding hydrogens is 268 g/mol. The second-order valence-electron chi connectivity index (χ2n) is 4.51. The Bertz CT molecular complexity index is 628. The van der Waals surface area contributed by atoms with Gasteiger partial charge in [0.05, 0.1) is 13.7 Å². The molecule has 0 bridgehead atoms. The maximum atomic E-state index is 11.7. The first kappa shape index (κ1) is 15.1. The molecule has 0 aliphatic carbocycles. The molecule has 0 amide bonds. The zero-order chi connectivity index (χ0) is 15.2. The minimum absolute atomic E-state index is 0.188. The molecule has 0 atom stereocenters. The molecule has 0 unspecified atom stereocenters. The minimum Gasteiger partial charge on any atom is -0.496 e. The van der Waals surface area contributed by atoms with Gasteiger partial charge in [0, 0.05) is 23.5 Å². The van der Waals surface area contributed by atoms with Crippen molar-refractivity contribution < 1.29 is 14.3 Å². The van der Waals surface area contributed by atoms with E-state index in [0.717, 1.165) is 22.3 Å². The molecule has 112 valence electrons. The SMILES string of the molecule is CCOC(=O)CN(CC)c1nccc2c(OC)cccc12. The number of nitrogens with zero attached hydrogens (tertiary/aromatic N) is 2. The summed E-state index contributed by atoms with van der Waals surface area (Å²) < 4.78 is 10.4. The van der Waals surface area contributed by atoms with E-state index in [1.165, 1.54) is 0 Å². The van der Waals surface area contributed by atoms with Crippen LogP contribution in [0.5, 0.6) is 5.75 Å². The molecule has 0 fully saturated rings. The van der Waals surface area contributed by atoms with Crippen LogP contribution in [0.2, 0.25) is 0 Å². The lowest BCUT2D eigenvalue weighted by Crippen LogP contribution is -2.31. The minimum atomic E-state index is -0.249. The van der Waals surface area contributed by atoms with Crippen molar-refractivity contribution in [3.05, 3.63) is 30.5 Å². The lowest BCUT2D eigenvalue weighted by molar-refractivity contribution is -0.141. The maximum Gasteiger partial charge on any atom is 0.325 e. The first-order chi connectivity index (χ1) is 10.2. The lowest BCUT2D eigenvalue weighted by Gasteiger charge is -2.22. The molecule has 1 heterocycles. The standard InChI is InChI=1S/C16H20N2O3/c1-4-18(11-15(19)21-5-2)16-13-7-6-8-14(20-3)12(13)9-10-17-16/h6-10H,4-5,11H2,1-3H3. The smallest absolute Gasteiger partial charge is 0.325 e. The summed E-state index contributed by atoms with van der Waals surface area (Å²) in [7, 11) is 1.64. The Morgan fingerprint density at radius 3 is 2.71 bits per heavy atom. The molecule has 21 heavy (non-hydrogen) atoms. The van der Waals surface area contributed by atoms with Gasteiger partial charge < -0.3 is 14.4 Å². The van der Waals surface area contributed by atoms with E-state index in [4.69, 9.17) is 9.47 Å². The highest BCUT2D eigenvalue weighted by atomic mass is 16.5. The van der Waals surface area contributed by atoms with Gasteiger partial charge in [-0.25, -0.2) is 4.98 Å². The van der Waals surface area contributed by atoms with Crippen LogP contribution in [-0.2, 0) is 9.53 Å². The number of anilines is 1. The first-order valence-electron chi connectivity index (χ1n) is 7.03. The summed E-state index contributed by atoms with van der Waals surface area (Å²) in [5.41, 5.74) is 0. The Hall–Kier alpha value is -2.30. The highest BCUT2D eigenvalue weighted by Gasteiger charge is 2.15. The first-order valence-corrected chi connectivity index (χ1v) is 7.03. The van der Waals surface area contributed by atoms with Gasteiger partial charge in [0.25, 0.3) is 0 Å². The summed E-state index contributed by atoms with van der Waals surface area (Å²) in [5, 5.41) is 1.94. The molecule has 2 rings (SSSR count). The van der Waals surface area contributed by atoms with E-state index in [0.29, 0.717) is 13.2 Å². The van der Waals surface area contributed by atoms with Crippen LogP contribution in [0.4, 0.5) is 5.82 Å². The number of fused-ring (bicyclic) bond motifs is 1.